The van der Waals surface area contributed by atoms with Gasteiger partial charge in [-0.3, -0.25) is 4.79 Å². The Kier molecular flexibility index (Phi) is 3.73. The van der Waals surface area contributed by atoms with Gasteiger partial charge in [-0.05, 0) is 48.4 Å². The van der Waals surface area contributed by atoms with Crippen molar-refractivity contribution in [2.24, 2.45) is 0 Å². The Hall–Kier alpha value is -2.52. The first-order valence-electron chi connectivity index (χ1n) is 6.74. The summed E-state index contributed by atoms with van der Waals surface area (Å²) in [6.45, 7) is 1.82. The molecule has 2 aromatic carbocycles. The molecule has 4 heteroatoms. The Morgan fingerprint density at radius 3 is 2.86 bits per heavy atom. The van der Waals surface area contributed by atoms with Crippen LogP contribution in [0.4, 0.5) is 0 Å². The molecule has 0 aliphatic heterocycles. The lowest BCUT2D eigenvalue weighted by molar-refractivity contribution is 0.104. The monoisotopic (exact) mass is 312 g/mol. The van der Waals surface area contributed by atoms with Gasteiger partial charge in [0.1, 0.15) is 11.3 Å². The fourth-order valence-corrected chi connectivity index (χ4v) is 2.53. The topological polar surface area (TPSA) is 50.4 Å². The van der Waals surface area contributed by atoms with Gasteiger partial charge in [-0.2, -0.15) is 0 Å². The van der Waals surface area contributed by atoms with Crippen molar-refractivity contribution in [3.8, 4) is 5.75 Å². The lowest BCUT2D eigenvalue weighted by Gasteiger charge is -2.02. The van der Waals surface area contributed by atoms with Crippen molar-refractivity contribution in [2.75, 3.05) is 0 Å². The van der Waals surface area contributed by atoms with Gasteiger partial charge in [0.2, 0.25) is 0 Å². The minimum Gasteiger partial charge on any atom is -0.506 e. The maximum atomic E-state index is 12.3. The molecule has 1 N–H and O–H groups in total. The first kappa shape index (κ1) is 14.4. The molecule has 0 fully saturated rings. The van der Waals surface area contributed by atoms with E-state index in [0.29, 0.717) is 16.0 Å². The molecular weight excluding hydrogens is 300 g/mol. The molecule has 0 amide bonds. The minimum absolute atomic E-state index is 0.0514. The van der Waals surface area contributed by atoms with E-state index in [2.05, 4.69) is 0 Å². The van der Waals surface area contributed by atoms with Gasteiger partial charge < -0.3 is 9.52 Å². The molecule has 0 saturated heterocycles. The minimum atomic E-state index is -0.278. The lowest BCUT2D eigenvalue weighted by atomic mass is 10.0. The average molecular weight is 313 g/mol. The van der Waals surface area contributed by atoms with Crippen LogP contribution in [0.1, 0.15) is 21.5 Å². The normalized spacial score (nSPS) is 11.4. The highest BCUT2D eigenvalue weighted by Crippen LogP contribution is 2.33. The number of hydrogen-bond donors (Lipinski definition) is 1. The van der Waals surface area contributed by atoms with Crippen molar-refractivity contribution in [3.05, 3.63) is 70.5 Å². The third-order valence-electron chi connectivity index (χ3n) is 3.44. The molecule has 0 aliphatic rings. The first-order chi connectivity index (χ1) is 10.6. The molecule has 0 bridgehead atoms. The number of phenols is 1. The van der Waals surface area contributed by atoms with Crippen molar-refractivity contribution in [2.45, 2.75) is 6.92 Å². The molecule has 0 aliphatic carbocycles. The van der Waals surface area contributed by atoms with Gasteiger partial charge in [0.25, 0.3) is 0 Å². The van der Waals surface area contributed by atoms with Gasteiger partial charge in [-0.15, -0.1) is 0 Å². The van der Waals surface area contributed by atoms with Gasteiger partial charge >= 0.3 is 0 Å². The molecule has 0 saturated carbocycles. The van der Waals surface area contributed by atoms with Crippen LogP contribution in [0.5, 0.6) is 5.75 Å². The van der Waals surface area contributed by atoms with E-state index < -0.39 is 0 Å². The molecule has 0 atom stereocenters. The molecule has 1 heterocycles. The van der Waals surface area contributed by atoms with E-state index in [1.54, 1.807) is 36.6 Å². The SMILES string of the molecule is Cc1coc2ccc(C(=O)/C=C/c3cccc(Cl)c3)c(O)c12. The number of phenolic OH excluding ortho intramolecular Hbond substituents is 1. The summed E-state index contributed by atoms with van der Waals surface area (Å²) >= 11 is 5.90. The molecule has 22 heavy (non-hydrogen) atoms. The molecule has 0 spiro atoms. The fraction of sp³-hybridized carbons (Fsp3) is 0.0556. The maximum Gasteiger partial charge on any atom is 0.189 e. The Bertz CT molecular complexity index is 890. The number of rotatable bonds is 3. The van der Waals surface area contributed by atoms with E-state index in [4.69, 9.17) is 16.0 Å². The summed E-state index contributed by atoms with van der Waals surface area (Å²) < 4.78 is 5.30. The van der Waals surface area contributed by atoms with Crippen LogP contribution >= 0.6 is 11.6 Å². The van der Waals surface area contributed by atoms with Crippen LogP contribution in [0.3, 0.4) is 0 Å². The number of ketones is 1. The smallest absolute Gasteiger partial charge is 0.189 e. The van der Waals surface area contributed by atoms with Gasteiger partial charge in [0.15, 0.2) is 5.78 Å². The molecule has 1 aromatic heterocycles. The first-order valence-corrected chi connectivity index (χ1v) is 7.12. The zero-order valence-electron chi connectivity index (χ0n) is 11.8. The second-order valence-electron chi connectivity index (χ2n) is 5.01. The number of aryl methyl sites for hydroxylation is 1. The van der Waals surface area contributed by atoms with Gasteiger partial charge in [-0.1, -0.05) is 29.8 Å². The number of carbonyl (C=O) groups is 1. The van der Waals surface area contributed by atoms with E-state index in [1.165, 1.54) is 6.08 Å². The molecule has 0 unspecified atom stereocenters. The van der Waals surface area contributed by atoms with Crippen molar-refractivity contribution >= 4 is 34.4 Å². The van der Waals surface area contributed by atoms with Crippen LogP contribution in [0.2, 0.25) is 5.02 Å². The van der Waals surface area contributed by atoms with Crippen molar-refractivity contribution in [3.63, 3.8) is 0 Å². The predicted molar refractivity (Wildman–Crippen MR) is 87.4 cm³/mol. The number of hydrogen-bond acceptors (Lipinski definition) is 3. The van der Waals surface area contributed by atoms with Gasteiger partial charge in [-0.25, -0.2) is 0 Å². The maximum absolute atomic E-state index is 12.3. The highest BCUT2D eigenvalue weighted by molar-refractivity contribution is 6.30. The number of aromatic hydroxyl groups is 1. The quantitative estimate of drug-likeness (QED) is 0.547. The molecule has 3 nitrogen and oxygen atoms in total. The Labute approximate surface area is 132 Å². The summed E-state index contributed by atoms with van der Waals surface area (Å²) in [5.74, 6) is -0.329. The summed E-state index contributed by atoms with van der Waals surface area (Å²) in [7, 11) is 0. The van der Waals surface area contributed by atoms with Crippen molar-refractivity contribution < 1.29 is 14.3 Å². The summed E-state index contributed by atoms with van der Waals surface area (Å²) in [6.07, 6.45) is 4.64. The second-order valence-corrected chi connectivity index (χ2v) is 5.44. The predicted octanol–water partition coefficient (Wildman–Crippen LogP) is 5.00. The number of furan rings is 1. The highest BCUT2D eigenvalue weighted by atomic mass is 35.5. The summed E-state index contributed by atoms with van der Waals surface area (Å²) in [4.78, 5) is 12.3. The summed E-state index contributed by atoms with van der Waals surface area (Å²) in [5, 5.41) is 11.5. The Morgan fingerprint density at radius 1 is 1.27 bits per heavy atom. The van der Waals surface area contributed by atoms with Crippen LogP contribution in [-0.4, -0.2) is 10.9 Å². The van der Waals surface area contributed by atoms with Crippen molar-refractivity contribution in [1.29, 1.82) is 0 Å². The third kappa shape index (κ3) is 2.63. The van der Waals surface area contributed by atoms with E-state index in [-0.39, 0.29) is 17.1 Å². The summed E-state index contributed by atoms with van der Waals surface area (Å²) in [6, 6.07) is 10.4. The highest BCUT2D eigenvalue weighted by Gasteiger charge is 2.15. The Balaban J connectivity index is 1.95. The van der Waals surface area contributed by atoms with E-state index in [1.807, 2.05) is 19.1 Å². The number of halogens is 1. The van der Waals surface area contributed by atoms with Crippen molar-refractivity contribution in [1.82, 2.24) is 0 Å². The fourth-order valence-electron chi connectivity index (χ4n) is 2.33. The number of carbonyl (C=O) groups excluding carboxylic acids is 1. The van der Waals surface area contributed by atoms with E-state index in [0.717, 1.165) is 11.1 Å². The van der Waals surface area contributed by atoms with E-state index in [9.17, 15) is 9.90 Å². The van der Waals surface area contributed by atoms with E-state index >= 15 is 0 Å². The zero-order chi connectivity index (χ0) is 15.7. The van der Waals surface area contributed by atoms with Gasteiger partial charge in [0.05, 0.1) is 17.2 Å². The van der Waals surface area contributed by atoms with Crippen LogP contribution < -0.4 is 0 Å². The number of benzene rings is 2. The van der Waals surface area contributed by atoms with Crippen LogP contribution in [0, 0.1) is 6.92 Å². The lowest BCUT2D eigenvalue weighted by Crippen LogP contribution is -1.95. The molecule has 3 rings (SSSR count). The number of allylic oxidation sites excluding steroid dienone is 1. The second kappa shape index (κ2) is 5.70. The third-order valence-corrected chi connectivity index (χ3v) is 3.67. The Morgan fingerprint density at radius 2 is 2.09 bits per heavy atom. The largest absolute Gasteiger partial charge is 0.506 e. The van der Waals surface area contributed by atoms with Crippen LogP contribution in [0.15, 0.2) is 53.2 Å². The molecular formula is C18H13ClO3. The number of fused-ring (bicyclic) bond motifs is 1. The van der Waals surface area contributed by atoms with Crippen LogP contribution in [-0.2, 0) is 0 Å². The molecule has 110 valence electrons. The van der Waals surface area contributed by atoms with Crippen LogP contribution in [0.25, 0.3) is 17.0 Å². The molecule has 0 radical (unpaired) electrons. The molecule has 3 aromatic rings. The van der Waals surface area contributed by atoms with Gasteiger partial charge in [0, 0.05) is 5.02 Å². The zero-order valence-corrected chi connectivity index (χ0v) is 12.6. The average Bonchev–Trinajstić information content (AvgIpc) is 2.87. The standard InChI is InChI=1S/C18H13ClO3/c1-11-10-22-16-8-6-14(18(21)17(11)16)15(20)7-5-12-3-2-4-13(19)9-12/h2-10,21H,1H3/b7-5+. The summed E-state index contributed by atoms with van der Waals surface area (Å²) in [5.41, 5.74) is 2.42.